The smallest absolute Gasteiger partial charge is 0.106 e. The fourth-order valence-electron chi connectivity index (χ4n) is 2.36. The van der Waals surface area contributed by atoms with Gasteiger partial charge in [-0.25, -0.2) is 0 Å². The number of anilines is 1. The molecule has 0 saturated carbocycles. The lowest BCUT2D eigenvalue weighted by atomic mass is 10.1. The van der Waals surface area contributed by atoms with Crippen molar-refractivity contribution in [2.75, 3.05) is 32.1 Å². The second kappa shape index (κ2) is 5.55. The topological polar surface area (TPSA) is 32.5 Å². The van der Waals surface area contributed by atoms with Crippen molar-refractivity contribution in [1.82, 2.24) is 4.90 Å². The summed E-state index contributed by atoms with van der Waals surface area (Å²) >= 11 is 8.65. The minimum absolute atomic E-state index is 0.464. The van der Waals surface area contributed by atoms with E-state index in [1.54, 1.807) is 0 Å². The van der Waals surface area contributed by atoms with Crippen LogP contribution in [0.3, 0.4) is 0 Å². The van der Waals surface area contributed by atoms with Crippen molar-refractivity contribution in [1.29, 1.82) is 0 Å². The van der Waals surface area contributed by atoms with E-state index < -0.39 is 0 Å². The van der Waals surface area contributed by atoms with Gasteiger partial charge in [-0.05, 0) is 38.7 Å². The van der Waals surface area contributed by atoms with E-state index in [1.165, 1.54) is 6.42 Å². The molecule has 2 N–H and O–H groups in total. The van der Waals surface area contributed by atoms with Gasteiger partial charge in [0.1, 0.15) is 4.99 Å². The van der Waals surface area contributed by atoms with Crippen molar-refractivity contribution in [2.24, 2.45) is 5.73 Å². The summed E-state index contributed by atoms with van der Waals surface area (Å²) in [6.07, 6.45) is 1.18. The lowest BCUT2D eigenvalue weighted by molar-refractivity contribution is 0.315. The molecule has 1 aromatic rings. The molecule has 2 rings (SSSR count). The minimum atomic E-state index is 0.464. The number of nitrogens with zero attached hydrogens (tertiary/aromatic N) is 2. The van der Waals surface area contributed by atoms with Gasteiger partial charge in [0.15, 0.2) is 0 Å². The Morgan fingerprint density at radius 1 is 1.50 bits per heavy atom. The third-order valence-corrected chi connectivity index (χ3v) is 4.17. The number of likely N-dealkylation sites (N-methyl/N-ethyl adjacent to an activating group) is 1. The fourth-order valence-corrected chi connectivity index (χ4v) is 2.88. The summed E-state index contributed by atoms with van der Waals surface area (Å²) in [5, 5.41) is 0. The minimum Gasteiger partial charge on any atom is -0.389 e. The van der Waals surface area contributed by atoms with E-state index in [0.717, 1.165) is 28.8 Å². The Hall–Kier alpha value is -0.650. The molecule has 1 aliphatic rings. The predicted octanol–water partition coefficient (Wildman–Crippen LogP) is 2.22. The van der Waals surface area contributed by atoms with Gasteiger partial charge in [-0.1, -0.05) is 28.1 Å². The molecule has 0 radical (unpaired) electrons. The van der Waals surface area contributed by atoms with E-state index in [4.69, 9.17) is 18.0 Å². The SMILES string of the molecule is CN(C)C1CCN(c2cc(Br)ccc2C(N)=S)C1. The van der Waals surface area contributed by atoms with Crippen LogP contribution in [0.1, 0.15) is 12.0 Å². The Balaban J connectivity index is 2.28. The molecule has 1 unspecified atom stereocenters. The zero-order valence-electron chi connectivity index (χ0n) is 10.7. The van der Waals surface area contributed by atoms with Crippen molar-refractivity contribution in [3.8, 4) is 0 Å². The first-order valence-corrected chi connectivity index (χ1v) is 7.20. The molecule has 18 heavy (non-hydrogen) atoms. The maximum atomic E-state index is 5.81. The molecule has 0 aromatic heterocycles. The first kappa shape index (κ1) is 13.8. The summed E-state index contributed by atoms with van der Waals surface area (Å²) in [7, 11) is 4.26. The van der Waals surface area contributed by atoms with Gasteiger partial charge in [-0.2, -0.15) is 0 Å². The average molecular weight is 328 g/mol. The highest BCUT2D eigenvalue weighted by Crippen LogP contribution is 2.29. The van der Waals surface area contributed by atoms with Crippen LogP contribution < -0.4 is 10.6 Å². The Morgan fingerprint density at radius 3 is 2.78 bits per heavy atom. The number of thiocarbonyl (C=S) groups is 1. The first-order valence-electron chi connectivity index (χ1n) is 6.00. The fraction of sp³-hybridized carbons (Fsp3) is 0.462. The van der Waals surface area contributed by atoms with Crippen molar-refractivity contribution in [2.45, 2.75) is 12.5 Å². The van der Waals surface area contributed by atoms with Crippen LogP contribution in [-0.4, -0.2) is 43.1 Å². The largest absolute Gasteiger partial charge is 0.389 e. The van der Waals surface area contributed by atoms with E-state index in [2.05, 4.69) is 45.9 Å². The Kier molecular flexibility index (Phi) is 4.25. The molecule has 0 amide bonds. The molecule has 3 nitrogen and oxygen atoms in total. The summed E-state index contributed by atoms with van der Waals surface area (Å²) in [5.41, 5.74) is 7.91. The first-order chi connectivity index (χ1) is 8.49. The van der Waals surface area contributed by atoms with Gasteiger partial charge < -0.3 is 15.5 Å². The highest BCUT2D eigenvalue weighted by molar-refractivity contribution is 9.10. The molecule has 1 heterocycles. The number of benzene rings is 1. The molecule has 1 aliphatic heterocycles. The molecule has 0 spiro atoms. The summed E-state index contributed by atoms with van der Waals surface area (Å²) in [4.78, 5) is 5.10. The molecule has 98 valence electrons. The van der Waals surface area contributed by atoms with Crippen LogP contribution >= 0.6 is 28.1 Å². The van der Waals surface area contributed by atoms with Crippen LogP contribution in [0.25, 0.3) is 0 Å². The average Bonchev–Trinajstić information content (AvgIpc) is 2.77. The van der Waals surface area contributed by atoms with Gasteiger partial charge in [0.05, 0.1) is 0 Å². The number of hydrogen-bond acceptors (Lipinski definition) is 3. The standard InChI is InChI=1S/C13H18BrN3S/c1-16(2)10-5-6-17(8-10)12-7-9(14)3-4-11(12)13(15)18/h3-4,7,10H,5-6,8H2,1-2H3,(H2,15,18). The van der Waals surface area contributed by atoms with Crippen LogP contribution in [0.5, 0.6) is 0 Å². The van der Waals surface area contributed by atoms with Crippen LogP contribution in [0.4, 0.5) is 5.69 Å². The van der Waals surface area contributed by atoms with Gasteiger partial charge in [0.2, 0.25) is 0 Å². The van der Waals surface area contributed by atoms with E-state index in [9.17, 15) is 0 Å². The lowest BCUT2D eigenvalue weighted by Crippen LogP contribution is -2.32. The molecule has 0 aliphatic carbocycles. The second-order valence-corrected chi connectivity index (χ2v) is 6.23. The van der Waals surface area contributed by atoms with Gasteiger partial charge in [0, 0.05) is 34.9 Å². The van der Waals surface area contributed by atoms with Crippen molar-refractivity contribution in [3.05, 3.63) is 28.2 Å². The molecular weight excluding hydrogens is 310 g/mol. The zero-order chi connectivity index (χ0) is 13.3. The Morgan fingerprint density at radius 2 is 2.22 bits per heavy atom. The summed E-state index contributed by atoms with van der Waals surface area (Å²) < 4.78 is 1.06. The van der Waals surface area contributed by atoms with Gasteiger partial charge in [-0.15, -0.1) is 0 Å². The van der Waals surface area contributed by atoms with E-state index in [-0.39, 0.29) is 0 Å². The van der Waals surface area contributed by atoms with Crippen LogP contribution in [-0.2, 0) is 0 Å². The van der Waals surface area contributed by atoms with Crippen LogP contribution in [0.2, 0.25) is 0 Å². The third kappa shape index (κ3) is 2.84. The second-order valence-electron chi connectivity index (χ2n) is 4.88. The Bertz CT molecular complexity index is 462. The lowest BCUT2D eigenvalue weighted by Gasteiger charge is -2.24. The highest BCUT2D eigenvalue weighted by Gasteiger charge is 2.25. The van der Waals surface area contributed by atoms with Crippen molar-refractivity contribution >= 4 is 38.8 Å². The molecule has 0 bridgehead atoms. The zero-order valence-corrected chi connectivity index (χ0v) is 13.1. The highest BCUT2D eigenvalue weighted by atomic mass is 79.9. The Labute approximate surface area is 122 Å². The quantitative estimate of drug-likeness (QED) is 0.863. The molecule has 1 fully saturated rings. The number of halogens is 1. The maximum absolute atomic E-state index is 5.81. The summed E-state index contributed by atoms with van der Waals surface area (Å²) in [6.45, 7) is 2.08. The van der Waals surface area contributed by atoms with Gasteiger partial charge in [0.25, 0.3) is 0 Å². The van der Waals surface area contributed by atoms with Gasteiger partial charge in [-0.3, -0.25) is 0 Å². The van der Waals surface area contributed by atoms with Crippen molar-refractivity contribution < 1.29 is 0 Å². The molecule has 5 heteroatoms. The van der Waals surface area contributed by atoms with Crippen LogP contribution in [0.15, 0.2) is 22.7 Å². The predicted molar refractivity (Wildman–Crippen MR) is 84.3 cm³/mol. The number of nitrogens with two attached hydrogens (primary N) is 1. The normalized spacial score (nSPS) is 19.6. The summed E-state index contributed by atoms with van der Waals surface area (Å²) in [6, 6.07) is 6.68. The maximum Gasteiger partial charge on any atom is 0.106 e. The molecular formula is C13H18BrN3S. The van der Waals surface area contributed by atoms with Gasteiger partial charge >= 0.3 is 0 Å². The van der Waals surface area contributed by atoms with E-state index >= 15 is 0 Å². The molecule has 1 atom stereocenters. The van der Waals surface area contributed by atoms with E-state index in [1.807, 2.05) is 12.1 Å². The van der Waals surface area contributed by atoms with Crippen molar-refractivity contribution in [3.63, 3.8) is 0 Å². The number of rotatable bonds is 3. The number of hydrogen-bond donors (Lipinski definition) is 1. The molecule has 1 aromatic carbocycles. The monoisotopic (exact) mass is 327 g/mol. The summed E-state index contributed by atoms with van der Waals surface area (Å²) in [5.74, 6) is 0. The molecule has 1 saturated heterocycles. The van der Waals surface area contributed by atoms with E-state index in [0.29, 0.717) is 11.0 Å². The van der Waals surface area contributed by atoms with Crippen LogP contribution in [0, 0.1) is 0 Å². The third-order valence-electron chi connectivity index (χ3n) is 3.46.